The van der Waals surface area contributed by atoms with Crippen LogP contribution in [-0.4, -0.2) is 24.4 Å². The normalized spacial score (nSPS) is 23.2. The third kappa shape index (κ3) is 4.09. The summed E-state index contributed by atoms with van der Waals surface area (Å²) in [6.07, 6.45) is 2.90. The Hall–Kier alpha value is -0.630. The predicted molar refractivity (Wildman–Crippen MR) is 67.6 cm³/mol. The minimum atomic E-state index is 0.160. The molecule has 1 N–H and O–H groups in total. The van der Waals surface area contributed by atoms with Crippen LogP contribution in [0.25, 0.3) is 0 Å². The van der Waals surface area contributed by atoms with Crippen molar-refractivity contribution >= 4 is 5.78 Å². The Kier molecular flexibility index (Phi) is 3.63. The number of nitrogens with one attached hydrogen (secondary N) is 1. The van der Waals surface area contributed by atoms with Crippen LogP contribution in [0, 0.1) is 5.41 Å². The highest BCUT2D eigenvalue weighted by molar-refractivity contribution is 5.91. The van der Waals surface area contributed by atoms with Gasteiger partial charge in [-0.1, -0.05) is 20.8 Å². The fraction of sp³-hybridized carbons (Fsp3) is 0.786. The Morgan fingerprint density at radius 3 is 2.12 bits per heavy atom. The zero-order valence-electron chi connectivity index (χ0n) is 11.6. The lowest BCUT2D eigenvalue weighted by Gasteiger charge is -2.35. The average Bonchev–Trinajstić information content (AvgIpc) is 1.97. The first-order chi connectivity index (χ1) is 7.08. The maximum Gasteiger partial charge on any atom is 0.209 e. The van der Waals surface area contributed by atoms with Gasteiger partial charge >= 0.3 is 0 Å². The Morgan fingerprint density at radius 2 is 1.69 bits per heavy atom. The Morgan fingerprint density at radius 1 is 1.12 bits per heavy atom. The first-order valence-corrected chi connectivity index (χ1v) is 6.15. The minimum Gasteiger partial charge on any atom is -0.321 e. The number of hydrogen-bond donors (Lipinski definition) is 1. The molecule has 0 amide bonds. The molecule has 2 nitrogen and oxygen atoms in total. The minimum absolute atomic E-state index is 0.160. The molecule has 0 radical (unpaired) electrons. The van der Waals surface area contributed by atoms with E-state index in [1.807, 2.05) is 6.08 Å². The van der Waals surface area contributed by atoms with Gasteiger partial charge in [0.2, 0.25) is 5.78 Å². The second-order valence-corrected chi connectivity index (χ2v) is 7.21. The molecule has 0 aliphatic carbocycles. The number of ketones is 1. The third-order valence-electron chi connectivity index (χ3n) is 3.01. The van der Waals surface area contributed by atoms with Crippen LogP contribution in [0.3, 0.4) is 0 Å². The largest absolute Gasteiger partial charge is 0.321 e. The van der Waals surface area contributed by atoms with Crippen molar-refractivity contribution in [2.75, 3.05) is 13.1 Å². The molecule has 0 saturated heterocycles. The molecule has 1 unspecified atom stereocenters. The highest BCUT2D eigenvalue weighted by Crippen LogP contribution is 2.24. The molecule has 92 valence electrons. The average molecular weight is 224 g/mol. The summed E-state index contributed by atoms with van der Waals surface area (Å²) in [6, 6.07) is 0. The summed E-state index contributed by atoms with van der Waals surface area (Å²) < 4.78 is 0. The van der Waals surface area contributed by atoms with Gasteiger partial charge in [0.05, 0.1) is 12.1 Å². The second kappa shape index (κ2) is 4.33. The molecule has 1 rings (SSSR count). The van der Waals surface area contributed by atoms with Gasteiger partial charge in [-0.25, -0.2) is 0 Å². The first-order valence-electron chi connectivity index (χ1n) is 6.15. The van der Waals surface area contributed by atoms with Crippen molar-refractivity contribution in [3.8, 4) is 0 Å². The van der Waals surface area contributed by atoms with Gasteiger partial charge in [-0.05, 0) is 44.3 Å². The molecule has 1 atom stereocenters. The molecule has 0 aromatic carbocycles. The summed E-state index contributed by atoms with van der Waals surface area (Å²) in [5, 5.41) is 0. The van der Waals surface area contributed by atoms with Gasteiger partial charge in [0.15, 0.2) is 0 Å². The smallest absolute Gasteiger partial charge is 0.209 e. The second-order valence-electron chi connectivity index (χ2n) is 7.21. The summed E-state index contributed by atoms with van der Waals surface area (Å²) in [5.74, 6) is 0.287. The molecular formula is C14H26NO+. The highest BCUT2D eigenvalue weighted by atomic mass is 16.1. The van der Waals surface area contributed by atoms with Crippen LogP contribution in [0.5, 0.6) is 0 Å². The Balaban J connectivity index is 2.77. The third-order valence-corrected chi connectivity index (χ3v) is 3.01. The maximum atomic E-state index is 11.7. The fourth-order valence-corrected chi connectivity index (χ4v) is 2.20. The van der Waals surface area contributed by atoms with Crippen LogP contribution >= 0.6 is 0 Å². The highest BCUT2D eigenvalue weighted by Gasteiger charge is 2.32. The van der Waals surface area contributed by atoms with Gasteiger partial charge in [-0.3, -0.25) is 4.79 Å². The molecule has 0 fully saturated rings. The van der Waals surface area contributed by atoms with E-state index in [0.29, 0.717) is 6.54 Å². The van der Waals surface area contributed by atoms with E-state index in [1.54, 1.807) is 0 Å². The van der Waals surface area contributed by atoms with Crippen molar-refractivity contribution in [3.05, 3.63) is 11.6 Å². The van der Waals surface area contributed by atoms with E-state index in [0.717, 1.165) is 13.0 Å². The van der Waals surface area contributed by atoms with Crippen LogP contribution in [0.4, 0.5) is 0 Å². The van der Waals surface area contributed by atoms with Crippen molar-refractivity contribution in [3.63, 3.8) is 0 Å². The van der Waals surface area contributed by atoms with Gasteiger partial charge < -0.3 is 4.90 Å². The van der Waals surface area contributed by atoms with Crippen molar-refractivity contribution in [1.29, 1.82) is 0 Å². The number of quaternary nitrogens is 1. The quantitative estimate of drug-likeness (QED) is 0.718. The summed E-state index contributed by atoms with van der Waals surface area (Å²) in [5.41, 5.74) is 1.74. The van der Waals surface area contributed by atoms with E-state index in [2.05, 4.69) is 41.5 Å². The van der Waals surface area contributed by atoms with E-state index in [4.69, 9.17) is 0 Å². The lowest BCUT2D eigenvalue weighted by atomic mass is 9.85. The number of carbonyl (C=O) groups is 1. The Labute approximate surface area is 99.7 Å². The lowest BCUT2D eigenvalue weighted by molar-refractivity contribution is -0.935. The predicted octanol–water partition coefficient (Wildman–Crippen LogP) is 1.62. The molecule has 0 saturated carbocycles. The maximum absolute atomic E-state index is 11.7. The van der Waals surface area contributed by atoms with E-state index in [9.17, 15) is 4.79 Å². The molecule has 0 aromatic heterocycles. The fourth-order valence-electron chi connectivity index (χ4n) is 2.20. The van der Waals surface area contributed by atoms with Gasteiger partial charge in [0, 0.05) is 0 Å². The molecule has 1 heterocycles. The van der Waals surface area contributed by atoms with E-state index in [1.165, 1.54) is 10.5 Å². The molecule has 0 bridgehead atoms. The van der Waals surface area contributed by atoms with Crippen molar-refractivity contribution in [2.24, 2.45) is 5.41 Å². The standard InChI is InChI=1S/C14H25NO/c1-13(2,3)8-11-7-12(16)10-15(9-11)14(4,5)6/h7H,8-10H2,1-6H3/p+1. The summed E-state index contributed by atoms with van der Waals surface area (Å²) in [4.78, 5) is 13.1. The van der Waals surface area contributed by atoms with Crippen LogP contribution in [-0.2, 0) is 4.79 Å². The SMILES string of the molecule is CC(C)(C)CC1=CC(=O)C[NH+](C(C)(C)C)C1. The summed E-state index contributed by atoms with van der Waals surface area (Å²) in [6.45, 7) is 15.0. The topological polar surface area (TPSA) is 21.5 Å². The van der Waals surface area contributed by atoms with Gasteiger partial charge in [0.1, 0.15) is 6.54 Å². The monoisotopic (exact) mass is 224 g/mol. The van der Waals surface area contributed by atoms with E-state index < -0.39 is 0 Å². The lowest BCUT2D eigenvalue weighted by Crippen LogP contribution is -3.20. The molecule has 1 aliphatic rings. The zero-order chi connectivity index (χ0) is 12.6. The van der Waals surface area contributed by atoms with E-state index in [-0.39, 0.29) is 16.7 Å². The van der Waals surface area contributed by atoms with Gasteiger partial charge in [-0.2, -0.15) is 0 Å². The Bertz CT molecular complexity index is 302. The van der Waals surface area contributed by atoms with Crippen LogP contribution in [0.2, 0.25) is 0 Å². The van der Waals surface area contributed by atoms with Crippen molar-refractivity contribution < 1.29 is 9.69 Å². The molecular weight excluding hydrogens is 198 g/mol. The zero-order valence-corrected chi connectivity index (χ0v) is 11.6. The van der Waals surface area contributed by atoms with Gasteiger partial charge in [-0.15, -0.1) is 0 Å². The van der Waals surface area contributed by atoms with Gasteiger partial charge in [0.25, 0.3) is 0 Å². The molecule has 0 aromatic rings. The molecule has 1 aliphatic heterocycles. The summed E-state index contributed by atoms with van der Waals surface area (Å²) >= 11 is 0. The van der Waals surface area contributed by atoms with Crippen LogP contribution < -0.4 is 4.90 Å². The van der Waals surface area contributed by atoms with Crippen LogP contribution in [0.1, 0.15) is 48.0 Å². The van der Waals surface area contributed by atoms with Crippen LogP contribution in [0.15, 0.2) is 11.6 Å². The van der Waals surface area contributed by atoms with Crippen molar-refractivity contribution in [2.45, 2.75) is 53.5 Å². The molecule has 16 heavy (non-hydrogen) atoms. The molecule has 2 heteroatoms. The molecule has 0 spiro atoms. The number of carbonyl (C=O) groups excluding carboxylic acids is 1. The first kappa shape index (κ1) is 13.4. The van der Waals surface area contributed by atoms with E-state index >= 15 is 0 Å². The number of hydrogen-bond acceptors (Lipinski definition) is 1. The number of rotatable bonds is 1. The summed E-state index contributed by atoms with van der Waals surface area (Å²) in [7, 11) is 0. The van der Waals surface area contributed by atoms with Crippen molar-refractivity contribution in [1.82, 2.24) is 0 Å².